The summed E-state index contributed by atoms with van der Waals surface area (Å²) < 4.78 is 97.9. The first-order valence-electron chi connectivity index (χ1n) is 50.4. The summed E-state index contributed by atoms with van der Waals surface area (Å²) >= 11 is 0. The van der Waals surface area contributed by atoms with E-state index < -0.39 is 316 Å². The van der Waals surface area contributed by atoms with E-state index in [4.69, 9.17) is 75.8 Å². The number of hydrogen-bond donors (Lipinski definition) is 25. The summed E-state index contributed by atoms with van der Waals surface area (Å²) in [6.45, 7) is 1.73. The monoisotopic (exact) mass is 1990 g/mol. The number of allylic oxidation sites excluding steroid dienone is 3. The van der Waals surface area contributed by atoms with Gasteiger partial charge in [0.15, 0.2) is 50.3 Å². The lowest BCUT2D eigenvalue weighted by Crippen LogP contribution is -2.72. The number of amides is 3. The topological polar surface area (TPSA) is 680 Å². The first-order valence-corrected chi connectivity index (χ1v) is 50.4. The van der Waals surface area contributed by atoms with Crippen LogP contribution in [0.1, 0.15) is 247 Å². The molecule has 0 aromatic rings. The summed E-state index contributed by atoms with van der Waals surface area (Å²) in [6, 6.07) is -5.16. The lowest BCUT2D eigenvalue weighted by Gasteiger charge is -2.52. The second-order valence-electron chi connectivity index (χ2n) is 38.0. The summed E-state index contributed by atoms with van der Waals surface area (Å²) in [5.41, 5.74) is 0. The first-order chi connectivity index (χ1) is 66.2. The molecule has 44 nitrogen and oxygen atoms in total. The molecule has 44 heteroatoms. The fourth-order valence-corrected chi connectivity index (χ4v) is 18.7. The predicted molar refractivity (Wildman–Crippen MR) is 484 cm³/mol. The molecule has 0 saturated carbocycles. The van der Waals surface area contributed by atoms with Gasteiger partial charge in [-0.2, -0.15) is 0 Å². The second kappa shape index (κ2) is 62.5. The van der Waals surface area contributed by atoms with E-state index in [1.165, 1.54) is 136 Å². The number of aliphatic hydroxyl groups excluding tert-OH is 22. The van der Waals surface area contributed by atoms with E-state index in [0.29, 0.717) is 12.8 Å². The Morgan fingerprint density at radius 3 is 0.964 bits per heavy atom. The van der Waals surface area contributed by atoms with Crippen LogP contribution in [0.2, 0.25) is 0 Å². The third-order valence-corrected chi connectivity index (χ3v) is 27.0. The minimum atomic E-state index is -2.50. The van der Waals surface area contributed by atoms with Gasteiger partial charge >= 0.3 is 0 Å². The molecular weight excluding hydrogens is 1830 g/mol. The van der Waals surface area contributed by atoms with Gasteiger partial charge in [0.2, 0.25) is 17.7 Å². The van der Waals surface area contributed by atoms with Gasteiger partial charge in [0.1, 0.15) is 183 Å². The zero-order valence-corrected chi connectivity index (χ0v) is 80.7. The highest BCUT2D eigenvalue weighted by Crippen LogP contribution is 2.41. The molecule has 8 saturated heterocycles. The van der Waals surface area contributed by atoms with Crippen molar-refractivity contribution in [2.24, 2.45) is 0 Å². The molecule has 8 rings (SSSR count). The molecule has 8 heterocycles. The van der Waals surface area contributed by atoms with E-state index in [9.17, 15) is 127 Å². The van der Waals surface area contributed by atoms with Gasteiger partial charge in [-0.15, -0.1) is 0 Å². The molecular formula is C94H167N3O41. The number of nitrogens with one attached hydrogen (secondary N) is 3. The summed E-state index contributed by atoms with van der Waals surface area (Å²) in [4.78, 5) is 41.0. The predicted octanol–water partition coefficient (Wildman–Crippen LogP) is -2.60. The highest BCUT2D eigenvalue weighted by molar-refractivity contribution is 5.76. The minimum Gasteiger partial charge on any atom is -0.394 e. The van der Waals surface area contributed by atoms with Gasteiger partial charge < -0.3 is 204 Å². The number of carbonyl (C=O) groups is 3. The fraction of sp³-hybridized carbons (Fsp3) is 0.926. The number of aliphatic hydroxyl groups is 22. The van der Waals surface area contributed by atoms with Gasteiger partial charge in [-0.3, -0.25) is 14.4 Å². The van der Waals surface area contributed by atoms with Crippen molar-refractivity contribution in [1.29, 1.82) is 0 Å². The van der Waals surface area contributed by atoms with Crippen molar-refractivity contribution in [2.75, 3.05) is 46.2 Å². The minimum absolute atomic E-state index is 0.133. The quantitative estimate of drug-likeness (QED) is 0.0219. The van der Waals surface area contributed by atoms with E-state index in [2.05, 4.69) is 41.9 Å². The van der Waals surface area contributed by atoms with E-state index in [1.54, 1.807) is 6.08 Å². The van der Waals surface area contributed by atoms with Crippen LogP contribution in [0, 0.1) is 0 Å². The van der Waals surface area contributed by atoms with Crippen LogP contribution in [0.5, 0.6) is 0 Å². The maximum absolute atomic E-state index is 13.8. The molecule has 0 aromatic carbocycles. The molecule has 8 aliphatic heterocycles. The van der Waals surface area contributed by atoms with Gasteiger partial charge in [0, 0.05) is 20.3 Å². The van der Waals surface area contributed by atoms with Crippen molar-refractivity contribution in [1.82, 2.24) is 16.0 Å². The number of unbranched alkanes of at least 4 members (excludes halogenated alkanes) is 28. The average Bonchev–Trinajstić information content (AvgIpc) is 0.755. The van der Waals surface area contributed by atoms with Crippen LogP contribution < -0.4 is 16.0 Å². The first kappa shape index (κ1) is 120. The van der Waals surface area contributed by atoms with Crippen molar-refractivity contribution in [2.45, 2.75) is 505 Å². The molecule has 0 bridgehead atoms. The maximum atomic E-state index is 13.8. The van der Waals surface area contributed by atoms with Crippen LogP contribution >= 0.6 is 0 Å². The molecule has 3 amide bonds. The Hall–Kier alpha value is -3.63. The molecule has 16 unspecified atom stereocenters. The third-order valence-electron chi connectivity index (χ3n) is 27.0. The zero-order valence-electron chi connectivity index (χ0n) is 80.7. The Balaban J connectivity index is 0.988. The summed E-state index contributed by atoms with van der Waals surface area (Å²) in [7, 11) is 0. The molecule has 0 aliphatic carbocycles. The lowest BCUT2D eigenvalue weighted by molar-refractivity contribution is -0.399. The van der Waals surface area contributed by atoms with Crippen LogP contribution in [0.15, 0.2) is 24.3 Å². The zero-order chi connectivity index (χ0) is 101. The van der Waals surface area contributed by atoms with E-state index in [1.807, 2.05) is 6.08 Å². The van der Waals surface area contributed by atoms with Gasteiger partial charge in [0.25, 0.3) is 0 Å². The van der Waals surface area contributed by atoms with E-state index >= 15 is 0 Å². The van der Waals surface area contributed by atoms with Crippen LogP contribution in [-0.2, 0) is 90.2 Å². The molecule has 42 atom stereocenters. The Morgan fingerprint density at radius 2 is 0.587 bits per heavy atom. The smallest absolute Gasteiger partial charge is 0.220 e. The summed E-state index contributed by atoms with van der Waals surface area (Å²) in [5.74, 6) is -2.34. The van der Waals surface area contributed by atoms with Crippen molar-refractivity contribution in [3.63, 3.8) is 0 Å². The summed E-state index contributed by atoms with van der Waals surface area (Å²) in [5, 5.41) is 258. The van der Waals surface area contributed by atoms with Crippen molar-refractivity contribution < 1.29 is 203 Å². The number of rotatable bonds is 61. The Labute approximate surface area is 808 Å². The van der Waals surface area contributed by atoms with Crippen LogP contribution in [-0.4, -0.2) is 434 Å². The Morgan fingerprint density at radius 1 is 0.297 bits per heavy atom. The highest BCUT2D eigenvalue weighted by atomic mass is 16.8. The van der Waals surface area contributed by atoms with Gasteiger partial charge in [-0.25, -0.2) is 0 Å². The highest BCUT2D eigenvalue weighted by Gasteiger charge is 2.62. The molecule has 8 fully saturated rings. The van der Waals surface area contributed by atoms with Crippen LogP contribution in [0.25, 0.3) is 0 Å². The molecule has 138 heavy (non-hydrogen) atoms. The van der Waals surface area contributed by atoms with E-state index in [-0.39, 0.29) is 12.3 Å². The molecule has 0 radical (unpaired) electrons. The van der Waals surface area contributed by atoms with Crippen molar-refractivity contribution in [3.05, 3.63) is 24.3 Å². The SMILES string of the molecule is CCCCCCCC/C=C\CCCCCCCCCCCCCC(=O)N[C@@H](CO[C@@H]1OC(CO)[C@@H](O[C@@H]2OC(CO)[C@H](O)[C@H](O[C@@H]3OC(CO)[C@@H](O[C@H]4OC(C)[C@@H](O)C(O)[C@@H]4O)[C@H](O[C@@H]4OC(CO)[C@H](O)[C@H](O[C@@H]5OC(CO)[C@@H](O[C@H]6OC(C)[C@@H](O)C(O)[C@@H]6O)[C@H](O[C@@H]6OC(CO)[C@H](O)[C@H](O)C6O)C5NC(C)=O)C4O)C3NC(C)=O)C2O)[C@H](O)C1O)[C@H](O)/C=C/CCCCCCCCCCCCC. The van der Waals surface area contributed by atoms with Gasteiger partial charge in [-0.1, -0.05) is 192 Å². The van der Waals surface area contributed by atoms with Gasteiger partial charge in [0.05, 0.1) is 70.6 Å². The standard InChI is InChI=1S/C94H167N3O41/c1-7-9-11-13-15-17-19-21-22-23-24-25-26-27-28-30-32-34-36-38-40-42-62(107)97-54(55(106)41-39-37-35-33-31-29-20-18-16-14-12-10-8-2)49-123-89-77(120)73(116)80(59(46-101)131-89)132-93-78(121)85(68(111)57(44-99)127-93)137-88-64(96-53(6)105)84(82(61(48-103)130-88)134-91-75(118)71(114)66(109)51(4)125-91)136-94-79(122)86(69(112)58(45-100)128-94)138-87-63(95-52(5)104)83(135-92-76(119)72(115)67(110)56(43-98)126-92)81(60(47-102)129-87)133-90-74(117)70(113)65(108)50(3)124-90/h21-22,39,41,50-51,54-61,63-94,98-103,106,108-122H,7-20,23-38,40,42-49H2,1-6H3,(H,95,104)(H,96,105)(H,97,107)/b22-21-,41-39+/t50?,51?,54-,55+,56?,57?,58?,59?,60?,61?,63?,64?,65+,66+,67-,68-,69-,70?,71?,72-,73+,74-,75-,76?,77?,78?,79?,80+,81+,82+,83+,84+,85-,86-,87-,88-,89+,90+,91+,92-,93-,94-/m0/s1. The number of carbonyl (C=O) groups excluding carboxylic acids is 3. The third kappa shape index (κ3) is 35.0. The molecule has 8 aliphatic rings. The van der Waals surface area contributed by atoms with Gasteiger partial charge in [-0.05, 0) is 58.8 Å². The molecule has 804 valence electrons. The van der Waals surface area contributed by atoms with E-state index in [0.717, 1.165) is 78.1 Å². The second-order valence-corrected chi connectivity index (χ2v) is 38.0. The Bertz CT molecular complexity index is 3390. The molecule has 25 N–H and O–H groups in total. The maximum Gasteiger partial charge on any atom is 0.220 e. The number of hydrogen-bond acceptors (Lipinski definition) is 41. The Kier molecular flexibility index (Phi) is 54.2. The average molecular weight is 2000 g/mol. The summed E-state index contributed by atoms with van der Waals surface area (Å²) in [6.07, 6.45) is -34.8. The lowest BCUT2D eigenvalue weighted by atomic mass is 9.93. The van der Waals surface area contributed by atoms with Crippen LogP contribution in [0.3, 0.4) is 0 Å². The molecule has 0 spiro atoms. The normalized spacial score (nSPS) is 39.2. The largest absolute Gasteiger partial charge is 0.394 e. The fourth-order valence-electron chi connectivity index (χ4n) is 18.7. The van der Waals surface area contributed by atoms with Crippen molar-refractivity contribution in [3.8, 4) is 0 Å². The molecule has 0 aromatic heterocycles. The van der Waals surface area contributed by atoms with Crippen molar-refractivity contribution >= 4 is 17.7 Å². The number of ether oxygens (including phenoxy) is 16. The van der Waals surface area contributed by atoms with Crippen LogP contribution in [0.4, 0.5) is 0 Å².